The van der Waals surface area contributed by atoms with E-state index in [1.54, 1.807) is 6.07 Å². The van der Waals surface area contributed by atoms with E-state index in [2.05, 4.69) is 27.6 Å². The summed E-state index contributed by atoms with van der Waals surface area (Å²) in [6, 6.07) is 9.57. The third kappa shape index (κ3) is 2.88. The third-order valence-electron chi connectivity index (χ3n) is 1.68. The minimum atomic E-state index is 0. The molecule has 2 rings (SSSR count). The molecule has 2 aromatic rings. The average molecular weight is 373 g/mol. The summed E-state index contributed by atoms with van der Waals surface area (Å²) in [5.74, 6) is 0.324. The first kappa shape index (κ1) is 14.3. The number of halogens is 1. The van der Waals surface area contributed by atoms with Gasteiger partial charge in [-0.2, -0.15) is 0 Å². The number of rotatable bonds is 0. The second kappa shape index (κ2) is 5.98. The van der Waals surface area contributed by atoms with Crippen molar-refractivity contribution < 1.29 is 32.7 Å². The van der Waals surface area contributed by atoms with Gasteiger partial charge < -0.3 is 18.1 Å². The molecule has 0 aliphatic rings. The number of aromatic nitrogens is 1. The normalized spacial score (nSPS) is 8.93. The molecule has 0 saturated carbocycles. The molecule has 1 aromatic heterocycles. The van der Waals surface area contributed by atoms with E-state index in [0.717, 1.165) is 10.9 Å². The van der Waals surface area contributed by atoms with Crippen molar-refractivity contribution in [2.45, 2.75) is 0 Å². The standard InChI is InChI=1S/C9H6IN2.CH3.Y/c10-7-2-1-3-8-6(7)4-5-9(11)12-8;;/h1-5H,(H-,11,12);1H3;/q2*-1;. The fourth-order valence-electron chi connectivity index (χ4n) is 1.12. The minimum absolute atomic E-state index is 0. The molecule has 0 unspecified atom stereocenters. The van der Waals surface area contributed by atoms with E-state index >= 15 is 0 Å². The molecule has 0 fully saturated rings. The van der Waals surface area contributed by atoms with E-state index in [4.69, 9.17) is 5.73 Å². The van der Waals surface area contributed by atoms with Crippen LogP contribution < -0.4 is 0 Å². The van der Waals surface area contributed by atoms with Gasteiger partial charge in [0.2, 0.25) is 0 Å². The van der Waals surface area contributed by atoms with E-state index in [9.17, 15) is 0 Å². The van der Waals surface area contributed by atoms with Crippen LogP contribution in [0.4, 0.5) is 5.82 Å². The molecule has 14 heavy (non-hydrogen) atoms. The number of fused-ring (bicyclic) bond motifs is 1. The number of pyridine rings is 1. The van der Waals surface area contributed by atoms with Gasteiger partial charge >= 0.3 is 0 Å². The smallest absolute Gasteiger partial charge is 0.0205 e. The molecule has 2 nitrogen and oxygen atoms in total. The van der Waals surface area contributed by atoms with Gasteiger partial charge in [-0.15, -0.1) is 0 Å². The van der Waals surface area contributed by atoms with Gasteiger partial charge in [-0.25, -0.2) is 0 Å². The molecule has 71 valence electrons. The SMILES string of the molecule is [CH3-].[NH-]c1ccc2c(I)cccc2n1.[Y]. The Morgan fingerprint density at radius 1 is 1.14 bits per heavy atom. The number of nitrogens with zero attached hydrogens (tertiary/aromatic N) is 1. The zero-order valence-corrected chi connectivity index (χ0v) is 12.8. The van der Waals surface area contributed by atoms with Crippen LogP contribution in [0.25, 0.3) is 16.6 Å². The molecular formula is C10H9IN2Y-2. The Morgan fingerprint density at radius 3 is 2.57 bits per heavy atom. The summed E-state index contributed by atoms with van der Waals surface area (Å²) in [5.41, 5.74) is 8.23. The van der Waals surface area contributed by atoms with E-state index in [0.29, 0.717) is 5.82 Å². The van der Waals surface area contributed by atoms with Crippen LogP contribution in [-0.2, 0) is 32.7 Å². The van der Waals surface area contributed by atoms with E-state index in [-0.39, 0.29) is 40.1 Å². The van der Waals surface area contributed by atoms with Crippen LogP contribution >= 0.6 is 22.6 Å². The van der Waals surface area contributed by atoms with Gasteiger partial charge in [0.25, 0.3) is 0 Å². The van der Waals surface area contributed by atoms with Crippen LogP contribution in [0.15, 0.2) is 30.3 Å². The van der Waals surface area contributed by atoms with Gasteiger partial charge in [0.1, 0.15) is 0 Å². The van der Waals surface area contributed by atoms with Crippen molar-refractivity contribution in [3.63, 3.8) is 0 Å². The second-order valence-electron chi connectivity index (χ2n) is 2.50. The minimum Gasteiger partial charge on any atom is -0.482 e. The molecule has 0 amide bonds. The molecule has 1 aromatic carbocycles. The van der Waals surface area contributed by atoms with Crippen molar-refractivity contribution in [3.8, 4) is 0 Å². The zero-order chi connectivity index (χ0) is 8.55. The first-order valence-electron chi connectivity index (χ1n) is 3.54. The van der Waals surface area contributed by atoms with Crippen molar-refractivity contribution in [2.24, 2.45) is 0 Å². The predicted octanol–water partition coefficient (Wildman–Crippen LogP) is 3.97. The third-order valence-corrected chi connectivity index (χ3v) is 2.62. The first-order valence-corrected chi connectivity index (χ1v) is 4.62. The maximum absolute atomic E-state index is 7.33. The van der Waals surface area contributed by atoms with Crippen LogP contribution in [0.5, 0.6) is 0 Å². The fraction of sp³-hybridized carbons (Fsp3) is 0. The topological polar surface area (TPSA) is 36.7 Å². The summed E-state index contributed by atoms with van der Waals surface area (Å²) >= 11 is 2.27. The summed E-state index contributed by atoms with van der Waals surface area (Å²) in [5, 5.41) is 1.12. The van der Waals surface area contributed by atoms with Crippen LogP contribution in [0, 0.1) is 11.0 Å². The Labute approximate surface area is 123 Å². The fourth-order valence-corrected chi connectivity index (χ4v) is 1.78. The van der Waals surface area contributed by atoms with Gasteiger partial charge in [0.05, 0.1) is 0 Å². The maximum Gasteiger partial charge on any atom is 0.0205 e. The largest absolute Gasteiger partial charge is 0.482 e. The Bertz CT molecular complexity index is 431. The maximum atomic E-state index is 7.33. The molecule has 1 N–H and O–H groups in total. The molecule has 0 aliphatic heterocycles. The van der Waals surface area contributed by atoms with Gasteiger partial charge in [0, 0.05) is 36.3 Å². The summed E-state index contributed by atoms with van der Waals surface area (Å²) in [6.07, 6.45) is 0. The van der Waals surface area contributed by atoms with Crippen molar-refractivity contribution in [1.29, 1.82) is 0 Å². The first-order chi connectivity index (χ1) is 5.77. The van der Waals surface area contributed by atoms with Crippen LogP contribution in [0.2, 0.25) is 0 Å². The van der Waals surface area contributed by atoms with Crippen molar-refractivity contribution >= 4 is 39.3 Å². The number of hydrogen-bond donors (Lipinski definition) is 0. The van der Waals surface area contributed by atoms with Crippen LogP contribution in [0.1, 0.15) is 0 Å². The molecule has 1 radical (unpaired) electrons. The van der Waals surface area contributed by atoms with Gasteiger partial charge in [-0.1, -0.05) is 30.1 Å². The van der Waals surface area contributed by atoms with Crippen molar-refractivity contribution in [3.05, 3.63) is 47.1 Å². The number of benzene rings is 1. The quantitative estimate of drug-likeness (QED) is 0.509. The Morgan fingerprint density at radius 2 is 1.86 bits per heavy atom. The number of hydrogen-bond acceptors (Lipinski definition) is 1. The zero-order valence-electron chi connectivity index (χ0n) is 7.79. The van der Waals surface area contributed by atoms with E-state index < -0.39 is 0 Å². The molecule has 0 bridgehead atoms. The molecular weight excluding hydrogens is 364 g/mol. The average Bonchev–Trinajstić information content (AvgIpc) is 2.04. The van der Waals surface area contributed by atoms with E-state index in [1.807, 2.05) is 24.3 Å². The summed E-state index contributed by atoms with van der Waals surface area (Å²) in [4.78, 5) is 4.10. The predicted molar refractivity (Wildman–Crippen MR) is 64.9 cm³/mol. The monoisotopic (exact) mass is 373 g/mol. The molecule has 0 saturated heterocycles. The summed E-state index contributed by atoms with van der Waals surface area (Å²) in [6.45, 7) is 0. The van der Waals surface area contributed by atoms with Gasteiger partial charge in [-0.05, 0) is 39.6 Å². The summed E-state index contributed by atoms with van der Waals surface area (Å²) < 4.78 is 1.18. The van der Waals surface area contributed by atoms with Crippen LogP contribution in [0.3, 0.4) is 0 Å². The second-order valence-corrected chi connectivity index (χ2v) is 3.67. The summed E-state index contributed by atoms with van der Waals surface area (Å²) in [7, 11) is 0. The van der Waals surface area contributed by atoms with Crippen LogP contribution in [-0.4, -0.2) is 4.98 Å². The molecule has 0 aliphatic carbocycles. The van der Waals surface area contributed by atoms with Crippen molar-refractivity contribution in [2.75, 3.05) is 0 Å². The molecule has 1 heterocycles. The molecule has 0 atom stereocenters. The van der Waals surface area contributed by atoms with E-state index in [1.165, 1.54) is 3.57 Å². The molecule has 4 heteroatoms. The Kier molecular flexibility index (Phi) is 6.09. The Hall–Kier alpha value is 0.264. The van der Waals surface area contributed by atoms with Gasteiger partial charge in [0.15, 0.2) is 0 Å². The number of nitrogens with one attached hydrogen (secondary N) is 1. The van der Waals surface area contributed by atoms with Gasteiger partial charge in [-0.3, -0.25) is 0 Å². The van der Waals surface area contributed by atoms with Crippen molar-refractivity contribution in [1.82, 2.24) is 4.98 Å². The Balaban J connectivity index is 0.000000845. The molecule has 0 spiro atoms.